The summed E-state index contributed by atoms with van der Waals surface area (Å²) < 4.78 is 4.16. The summed E-state index contributed by atoms with van der Waals surface area (Å²) in [6.45, 7) is 0. The lowest BCUT2D eigenvalue weighted by atomic mass is 10.1. The Balaban J connectivity index is 2.28. The van der Waals surface area contributed by atoms with Crippen LogP contribution in [0, 0.1) is 0 Å². The van der Waals surface area contributed by atoms with Gasteiger partial charge >= 0.3 is 0 Å². The Kier molecular flexibility index (Phi) is 2.77. The molecule has 1 unspecified atom stereocenters. The van der Waals surface area contributed by atoms with Crippen LogP contribution in [0.1, 0.15) is 17.4 Å². The molecule has 3 nitrogen and oxygen atoms in total. The number of hydrogen-bond donors (Lipinski definition) is 1. The number of nitrogens with zero attached hydrogens (tertiary/aromatic N) is 2. The average molecular weight is 226 g/mol. The highest BCUT2D eigenvalue weighted by atomic mass is 35.5. The molecule has 5 heteroatoms. The number of nitrogens with two attached hydrogens (primary N) is 1. The van der Waals surface area contributed by atoms with Crippen molar-refractivity contribution in [3.05, 3.63) is 46.2 Å². The summed E-state index contributed by atoms with van der Waals surface area (Å²) >= 11 is 7.11. The largest absolute Gasteiger partial charge is 0.318 e. The van der Waals surface area contributed by atoms with Crippen LogP contribution in [0.25, 0.3) is 0 Å². The summed E-state index contributed by atoms with van der Waals surface area (Å²) in [6.07, 6.45) is 1.59. The first-order valence-corrected chi connectivity index (χ1v) is 5.26. The smallest absolute Gasteiger partial charge is 0.0911 e. The third kappa shape index (κ3) is 1.92. The van der Waals surface area contributed by atoms with E-state index in [9.17, 15) is 0 Å². The van der Waals surface area contributed by atoms with E-state index in [1.807, 2.05) is 17.5 Å². The van der Waals surface area contributed by atoms with E-state index in [1.54, 1.807) is 12.3 Å². The highest BCUT2D eigenvalue weighted by Crippen LogP contribution is 2.18. The standard InChI is InChI=1S/C9H8ClN3S/c10-6-1-2-7(12-5-6)9(11)8-3-4-14-13-8/h1-5,9H,11H2. The van der Waals surface area contributed by atoms with E-state index >= 15 is 0 Å². The summed E-state index contributed by atoms with van der Waals surface area (Å²) in [7, 11) is 0. The molecule has 2 N–H and O–H groups in total. The monoisotopic (exact) mass is 225 g/mol. The molecule has 14 heavy (non-hydrogen) atoms. The van der Waals surface area contributed by atoms with Crippen LogP contribution in [0.5, 0.6) is 0 Å². The molecule has 2 aromatic heterocycles. The normalized spacial score (nSPS) is 12.7. The molecule has 0 fully saturated rings. The lowest BCUT2D eigenvalue weighted by Gasteiger charge is -2.07. The Labute approximate surface area is 90.7 Å². The Morgan fingerprint density at radius 1 is 1.29 bits per heavy atom. The van der Waals surface area contributed by atoms with Gasteiger partial charge in [0.25, 0.3) is 0 Å². The van der Waals surface area contributed by atoms with Gasteiger partial charge in [-0.25, -0.2) is 0 Å². The fourth-order valence-corrected chi connectivity index (χ4v) is 1.77. The molecule has 1 atom stereocenters. The number of hydrogen-bond acceptors (Lipinski definition) is 4. The highest BCUT2D eigenvalue weighted by Gasteiger charge is 2.11. The zero-order chi connectivity index (χ0) is 9.97. The van der Waals surface area contributed by atoms with Crippen LogP contribution in [0.3, 0.4) is 0 Å². The van der Waals surface area contributed by atoms with Gasteiger partial charge in [0.1, 0.15) is 0 Å². The van der Waals surface area contributed by atoms with Gasteiger partial charge in [0.05, 0.1) is 22.5 Å². The molecule has 0 radical (unpaired) electrons. The summed E-state index contributed by atoms with van der Waals surface area (Å²) in [6, 6.07) is 5.21. The van der Waals surface area contributed by atoms with Crippen molar-refractivity contribution in [3.63, 3.8) is 0 Å². The Bertz CT molecular complexity index is 399. The lowest BCUT2D eigenvalue weighted by molar-refractivity contribution is 0.808. The van der Waals surface area contributed by atoms with Gasteiger partial charge in [-0.2, -0.15) is 4.37 Å². The van der Waals surface area contributed by atoms with Crippen LogP contribution in [0.15, 0.2) is 29.8 Å². The highest BCUT2D eigenvalue weighted by molar-refractivity contribution is 7.03. The van der Waals surface area contributed by atoms with E-state index in [2.05, 4.69) is 9.36 Å². The van der Waals surface area contributed by atoms with Gasteiger partial charge in [-0.05, 0) is 29.7 Å². The van der Waals surface area contributed by atoms with Crippen molar-refractivity contribution in [1.82, 2.24) is 9.36 Å². The van der Waals surface area contributed by atoms with Crippen molar-refractivity contribution >= 4 is 23.1 Å². The first-order chi connectivity index (χ1) is 6.77. The van der Waals surface area contributed by atoms with E-state index in [0.717, 1.165) is 11.4 Å². The van der Waals surface area contributed by atoms with Gasteiger partial charge in [-0.15, -0.1) is 0 Å². The first-order valence-electron chi connectivity index (χ1n) is 4.04. The number of halogens is 1. The van der Waals surface area contributed by atoms with Crippen LogP contribution in [0.4, 0.5) is 0 Å². The van der Waals surface area contributed by atoms with E-state index in [0.29, 0.717) is 5.02 Å². The molecule has 0 aliphatic rings. The second-order valence-corrected chi connectivity index (χ2v) is 3.91. The van der Waals surface area contributed by atoms with E-state index in [-0.39, 0.29) is 6.04 Å². The van der Waals surface area contributed by atoms with Gasteiger partial charge in [-0.3, -0.25) is 4.98 Å². The maximum absolute atomic E-state index is 5.95. The maximum Gasteiger partial charge on any atom is 0.0911 e. The fraction of sp³-hybridized carbons (Fsp3) is 0.111. The molecule has 0 bridgehead atoms. The second kappa shape index (κ2) is 4.04. The molecule has 72 valence electrons. The minimum atomic E-state index is -0.265. The lowest BCUT2D eigenvalue weighted by Crippen LogP contribution is -2.13. The van der Waals surface area contributed by atoms with Crippen LogP contribution in [-0.4, -0.2) is 9.36 Å². The summed E-state index contributed by atoms with van der Waals surface area (Å²) in [5, 5.41) is 2.50. The Morgan fingerprint density at radius 2 is 2.14 bits per heavy atom. The molecule has 0 saturated heterocycles. The molecular weight excluding hydrogens is 218 g/mol. The topological polar surface area (TPSA) is 51.8 Å². The van der Waals surface area contributed by atoms with Crippen LogP contribution < -0.4 is 5.73 Å². The van der Waals surface area contributed by atoms with Gasteiger partial charge in [0, 0.05) is 11.6 Å². The molecule has 2 aromatic rings. The fourth-order valence-electron chi connectivity index (χ4n) is 1.11. The summed E-state index contributed by atoms with van der Waals surface area (Å²) in [5.41, 5.74) is 7.57. The zero-order valence-electron chi connectivity index (χ0n) is 7.22. The van der Waals surface area contributed by atoms with Crippen molar-refractivity contribution < 1.29 is 0 Å². The molecular formula is C9H8ClN3S. The van der Waals surface area contributed by atoms with Crippen molar-refractivity contribution in [2.24, 2.45) is 5.73 Å². The molecule has 0 saturated carbocycles. The van der Waals surface area contributed by atoms with E-state index in [1.165, 1.54) is 11.5 Å². The number of pyridine rings is 1. The zero-order valence-corrected chi connectivity index (χ0v) is 8.79. The molecule has 0 aliphatic carbocycles. The third-order valence-corrected chi connectivity index (χ3v) is 2.64. The van der Waals surface area contributed by atoms with Gasteiger partial charge in [-0.1, -0.05) is 11.6 Å². The third-order valence-electron chi connectivity index (χ3n) is 1.85. The molecule has 0 aliphatic heterocycles. The minimum absolute atomic E-state index is 0.265. The van der Waals surface area contributed by atoms with Crippen molar-refractivity contribution in [2.75, 3.05) is 0 Å². The first kappa shape index (κ1) is 9.58. The molecule has 0 aromatic carbocycles. The van der Waals surface area contributed by atoms with Crippen LogP contribution in [0.2, 0.25) is 5.02 Å². The summed E-state index contributed by atoms with van der Waals surface area (Å²) in [4.78, 5) is 4.14. The van der Waals surface area contributed by atoms with E-state index < -0.39 is 0 Å². The van der Waals surface area contributed by atoms with Gasteiger partial charge < -0.3 is 5.73 Å². The SMILES string of the molecule is NC(c1ccc(Cl)cn1)c1ccsn1. The molecule has 2 heterocycles. The van der Waals surface area contributed by atoms with Crippen LogP contribution in [-0.2, 0) is 0 Å². The molecule has 0 amide bonds. The second-order valence-electron chi connectivity index (χ2n) is 2.80. The molecule has 2 rings (SSSR count). The van der Waals surface area contributed by atoms with Gasteiger partial charge in [0.15, 0.2) is 0 Å². The maximum atomic E-state index is 5.95. The van der Waals surface area contributed by atoms with E-state index in [4.69, 9.17) is 17.3 Å². The van der Waals surface area contributed by atoms with Crippen molar-refractivity contribution in [1.29, 1.82) is 0 Å². The van der Waals surface area contributed by atoms with Crippen molar-refractivity contribution in [3.8, 4) is 0 Å². The van der Waals surface area contributed by atoms with Crippen molar-refractivity contribution in [2.45, 2.75) is 6.04 Å². The van der Waals surface area contributed by atoms with Crippen LogP contribution >= 0.6 is 23.1 Å². The summed E-state index contributed by atoms with van der Waals surface area (Å²) in [5.74, 6) is 0. The number of aromatic nitrogens is 2. The average Bonchev–Trinajstić information content (AvgIpc) is 2.71. The predicted molar refractivity (Wildman–Crippen MR) is 57.4 cm³/mol. The quantitative estimate of drug-likeness (QED) is 0.853. The predicted octanol–water partition coefficient (Wildman–Crippen LogP) is 2.24. The molecule has 0 spiro atoms. The minimum Gasteiger partial charge on any atom is -0.318 e. The van der Waals surface area contributed by atoms with Gasteiger partial charge in [0.2, 0.25) is 0 Å². The Hall–Kier alpha value is -0.970. The number of rotatable bonds is 2. The Morgan fingerprint density at radius 3 is 2.71 bits per heavy atom.